The van der Waals surface area contributed by atoms with Gasteiger partial charge in [0.05, 0.1) is 25.3 Å². The summed E-state index contributed by atoms with van der Waals surface area (Å²) in [5.41, 5.74) is 0. The van der Waals surface area contributed by atoms with Gasteiger partial charge in [-0.1, -0.05) is 13.0 Å². The summed E-state index contributed by atoms with van der Waals surface area (Å²) in [5.74, 6) is 0. The zero-order valence-electron chi connectivity index (χ0n) is 8.25. The van der Waals surface area contributed by atoms with Crippen LogP contribution in [0.2, 0.25) is 0 Å². The molecule has 0 heterocycles. The Hall–Kier alpha value is -0.850. The number of ether oxygens (including phenoxy) is 1. The lowest BCUT2D eigenvalue weighted by Crippen LogP contribution is -2.30. The van der Waals surface area contributed by atoms with Gasteiger partial charge in [0.25, 0.3) is 0 Å². The Morgan fingerprint density at radius 3 is 2.92 bits per heavy atom. The van der Waals surface area contributed by atoms with Crippen LogP contribution in [-0.2, 0) is 4.74 Å². The number of nitrogens with one attached hydrogen (secondary N) is 1. The van der Waals surface area contributed by atoms with Crippen molar-refractivity contribution in [2.45, 2.75) is 25.8 Å². The van der Waals surface area contributed by atoms with Crippen LogP contribution in [0.3, 0.4) is 0 Å². The fourth-order valence-electron chi connectivity index (χ4n) is 0.855. The second-order valence-electron chi connectivity index (χ2n) is 2.73. The SMILES string of the molecule is C=CCCOCCNC(C#N)CC. The number of hydrogen-bond acceptors (Lipinski definition) is 3. The second-order valence-corrected chi connectivity index (χ2v) is 2.73. The number of rotatable bonds is 8. The average molecular weight is 182 g/mol. The van der Waals surface area contributed by atoms with E-state index in [9.17, 15) is 0 Å². The van der Waals surface area contributed by atoms with Crippen molar-refractivity contribution in [3.63, 3.8) is 0 Å². The highest BCUT2D eigenvalue weighted by atomic mass is 16.5. The van der Waals surface area contributed by atoms with E-state index in [1.54, 1.807) is 0 Å². The third kappa shape index (κ3) is 7.51. The summed E-state index contributed by atoms with van der Waals surface area (Å²) < 4.78 is 5.27. The Labute approximate surface area is 80.4 Å². The van der Waals surface area contributed by atoms with Crippen LogP contribution in [-0.4, -0.2) is 25.8 Å². The molecular weight excluding hydrogens is 164 g/mol. The van der Waals surface area contributed by atoms with E-state index < -0.39 is 0 Å². The van der Waals surface area contributed by atoms with Crippen LogP contribution >= 0.6 is 0 Å². The first kappa shape index (κ1) is 12.2. The van der Waals surface area contributed by atoms with Crippen LogP contribution in [0.15, 0.2) is 12.7 Å². The lowest BCUT2D eigenvalue weighted by atomic mass is 10.2. The molecular formula is C10H18N2O. The molecule has 0 fully saturated rings. The Morgan fingerprint density at radius 2 is 2.38 bits per heavy atom. The van der Waals surface area contributed by atoms with Crippen molar-refractivity contribution in [3.05, 3.63) is 12.7 Å². The summed E-state index contributed by atoms with van der Waals surface area (Å²) in [6.45, 7) is 7.69. The summed E-state index contributed by atoms with van der Waals surface area (Å²) in [6.07, 6.45) is 3.55. The number of nitriles is 1. The van der Waals surface area contributed by atoms with Gasteiger partial charge in [0.15, 0.2) is 0 Å². The summed E-state index contributed by atoms with van der Waals surface area (Å²) in [6, 6.07) is 2.13. The van der Waals surface area contributed by atoms with Crippen molar-refractivity contribution in [1.82, 2.24) is 5.32 Å². The maximum Gasteiger partial charge on any atom is 0.0951 e. The van der Waals surface area contributed by atoms with E-state index >= 15 is 0 Å². The summed E-state index contributed by atoms with van der Waals surface area (Å²) in [4.78, 5) is 0. The molecule has 13 heavy (non-hydrogen) atoms. The quantitative estimate of drug-likeness (QED) is 0.456. The van der Waals surface area contributed by atoms with Gasteiger partial charge in [-0.2, -0.15) is 5.26 Å². The smallest absolute Gasteiger partial charge is 0.0951 e. The van der Waals surface area contributed by atoms with Crippen molar-refractivity contribution in [1.29, 1.82) is 5.26 Å². The molecule has 0 bridgehead atoms. The van der Waals surface area contributed by atoms with E-state index in [0.29, 0.717) is 13.2 Å². The van der Waals surface area contributed by atoms with E-state index in [1.807, 2.05) is 13.0 Å². The maximum absolute atomic E-state index is 8.60. The van der Waals surface area contributed by atoms with Gasteiger partial charge in [-0.3, -0.25) is 5.32 Å². The van der Waals surface area contributed by atoms with E-state index in [4.69, 9.17) is 10.00 Å². The Bertz CT molecular complexity index is 163. The average Bonchev–Trinajstić information content (AvgIpc) is 2.17. The minimum absolute atomic E-state index is 0.0389. The van der Waals surface area contributed by atoms with Gasteiger partial charge in [0, 0.05) is 6.54 Å². The van der Waals surface area contributed by atoms with Crippen molar-refractivity contribution in [2.24, 2.45) is 0 Å². The molecule has 0 rings (SSSR count). The largest absolute Gasteiger partial charge is 0.380 e. The molecule has 0 aromatic rings. The van der Waals surface area contributed by atoms with Crippen LogP contribution in [0.5, 0.6) is 0 Å². The van der Waals surface area contributed by atoms with Crippen molar-refractivity contribution < 1.29 is 4.74 Å². The Balaban J connectivity index is 3.15. The van der Waals surface area contributed by atoms with Gasteiger partial charge in [0.2, 0.25) is 0 Å². The predicted octanol–water partition coefficient (Wildman–Crippen LogP) is 1.47. The standard InChI is InChI=1S/C10H18N2O/c1-3-5-7-13-8-6-12-10(4-2)9-11/h3,10,12H,1,4-8H2,2H3. The van der Waals surface area contributed by atoms with Crippen molar-refractivity contribution in [2.75, 3.05) is 19.8 Å². The number of nitrogens with zero attached hydrogens (tertiary/aromatic N) is 1. The molecule has 0 aliphatic carbocycles. The van der Waals surface area contributed by atoms with E-state index in [-0.39, 0.29) is 6.04 Å². The zero-order chi connectivity index (χ0) is 9.94. The summed E-state index contributed by atoms with van der Waals surface area (Å²) in [5, 5.41) is 11.7. The van der Waals surface area contributed by atoms with Gasteiger partial charge in [-0.05, 0) is 12.8 Å². The van der Waals surface area contributed by atoms with Gasteiger partial charge in [-0.25, -0.2) is 0 Å². The van der Waals surface area contributed by atoms with E-state index in [1.165, 1.54) is 0 Å². The molecule has 1 unspecified atom stereocenters. The van der Waals surface area contributed by atoms with Crippen LogP contribution in [0.1, 0.15) is 19.8 Å². The normalized spacial score (nSPS) is 12.0. The van der Waals surface area contributed by atoms with Crippen molar-refractivity contribution >= 4 is 0 Å². The molecule has 1 atom stereocenters. The molecule has 74 valence electrons. The lowest BCUT2D eigenvalue weighted by molar-refractivity contribution is 0.139. The molecule has 0 aromatic heterocycles. The molecule has 0 radical (unpaired) electrons. The molecule has 1 N–H and O–H groups in total. The van der Waals surface area contributed by atoms with Gasteiger partial charge >= 0.3 is 0 Å². The fraction of sp³-hybridized carbons (Fsp3) is 0.700. The minimum Gasteiger partial charge on any atom is -0.380 e. The summed E-state index contributed by atoms with van der Waals surface area (Å²) in [7, 11) is 0. The van der Waals surface area contributed by atoms with Gasteiger partial charge in [-0.15, -0.1) is 6.58 Å². The third-order valence-electron chi connectivity index (χ3n) is 1.67. The van der Waals surface area contributed by atoms with Gasteiger partial charge in [0.1, 0.15) is 0 Å². The van der Waals surface area contributed by atoms with Crippen LogP contribution in [0, 0.1) is 11.3 Å². The topological polar surface area (TPSA) is 45.0 Å². The molecule has 0 aliphatic heterocycles. The first-order valence-electron chi connectivity index (χ1n) is 4.66. The molecule has 0 aliphatic rings. The van der Waals surface area contributed by atoms with Crippen LogP contribution < -0.4 is 5.32 Å². The number of hydrogen-bond donors (Lipinski definition) is 1. The Kier molecular flexibility index (Phi) is 8.64. The van der Waals surface area contributed by atoms with Crippen molar-refractivity contribution in [3.8, 4) is 6.07 Å². The first-order chi connectivity index (χ1) is 6.35. The van der Waals surface area contributed by atoms with E-state index in [2.05, 4.69) is 18.0 Å². The van der Waals surface area contributed by atoms with E-state index in [0.717, 1.165) is 19.4 Å². The Morgan fingerprint density at radius 1 is 1.62 bits per heavy atom. The van der Waals surface area contributed by atoms with Crippen LogP contribution in [0.4, 0.5) is 0 Å². The van der Waals surface area contributed by atoms with Gasteiger partial charge < -0.3 is 4.74 Å². The molecule has 3 heteroatoms. The molecule has 3 nitrogen and oxygen atoms in total. The molecule has 0 amide bonds. The zero-order valence-corrected chi connectivity index (χ0v) is 8.25. The highest BCUT2D eigenvalue weighted by molar-refractivity contribution is 4.87. The highest BCUT2D eigenvalue weighted by Gasteiger charge is 2.00. The lowest BCUT2D eigenvalue weighted by Gasteiger charge is -2.08. The molecule has 0 saturated carbocycles. The fourth-order valence-corrected chi connectivity index (χ4v) is 0.855. The monoisotopic (exact) mass is 182 g/mol. The second kappa shape index (κ2) is 9.24. The predicted molar refractivity (Wildman–Crippen MR) is 53.3 cm³/mol. The third-order valence-corrected chi connectivity index (χ3v) is 1.67. The maximum atomic E-state index is 8.60. The summed E-state index contributed by atoms with van der Waals surface area (Å²) >= 11 is 0. The van der Waals surface area contributed by atoms with Crippen LogP contribution in [0.25, 0.3) is 0 Å². The first-order valence-corrected chi connectivity index (χ1v) is 4.66. The molecule has 0 aromatic carbocycles. The molecule has 0 saturated heterocycles. The molecule has 0 spiro atoms. The minimum atomic E-state index is -0.0389. The highest BCUT2D eigenvalue weighted by Crippen LogP contribution is 1.87.